The lowest BCUT2D eigenvalue weighted by atomic mass is 10.1. The van der Waals surface area contributed by atoms with Crippen molar-refractivity contribution in [2.24, 2.45) is 5.73 Å². The van der Waals surface area contributed by atoms with Crippen LogP contribution >= 0.6 is 0 Å². The predicted octanol–water partition coefficient (Wildman–Crippen LogP) is 1.10. The molecule has 4 nitrogen and oxygen atoms in total. The highest BCUT2D eigenvalue weighted by molar-refractivity contribution is 5.42. The molecular formula is C10H14N4. The van der Waals surface area contributed by atoms with Gasteiger partial charge in [-0.2, -0.15) is 5.26 Å². The first-order valence-electron chi connectivity index (χ1n) is 4.40. The fraction of sp³-hybridized carbons (Fsp3) is 0.400. The van der Waals surface area contributed by atoms with Crippen LogP contribution in [0.5, 0.6) is 0 Å². The van der Waals surface area contributed by atoms with Crippen LogP contribution in [-0.2, 0) is 0 Å². The Labute approximate surface area is 83.8 Å². The minimum atomic E-state index is -0.256. The van der Waals surface area contributed by atoms with Gasteiger partial charge in [0.25, 0.3) is 0 Å². The van der Waals surface area contributed by atoms with E-state index in [0.717, 1.165) is 5.69 Å². The van der Waals surface area contributed by atoms with Crippen LogP contribution in [0, 0.1) is 11.3 Å². The average molecular weight is 190 g/mol. The van der Waals surface area contributed by atoms with Crippen LogP contribution in [0.1, 0.15) is 19.5 Å². The SMILES string of the molecule is CC(C)(N)CNc1ccc(C#N)nc1. The molecule has 1 heterocycles. The molecule has 0 amide bonds. The molecule has 0 aliphatic heterocycles. The molecule has 0 bridgehead atoms. The lowest BCUT2D eigenvalue weighted by molar-refractivity contribution is 0.549. The van der Waals surface area contributed by atoms with Gasteiger partial charge >= 0.3 is 0 Å². The van der Waals surface area contributed by atoms with Crippen molar-refractivity contribution >= 4 is 5.69 Å². The fourth-order valence-electron chi connectivity index (χ4n) is 0.894. The zero-order valence-electron chi connectivity index (χ0n) is 8.41. The van der Waals surface area contributed by atoms with Gasteiger partial charge in [-0.05, 0) is 26.0 Å². The van der Waals surface area contributed by atoms with Crippen LogP contribution in [-0.4, -0.2) is 17.1 Å². The van der Waals surface area contributed by atoms with Gasteiger partial charge < -0.3 is 11.1 Å². The van der Waals surface area contributed by atoms with E-state index in [0.29, 0.717) is 12.2 Å². The molecule has 0 spiro atoms. The summed E-state index contributed by atoms with van der Waals surface area (Å²) in [5.41, 5.74) is 6.84. The van der Waals surface area contributed by atoms with E-state index in [2.05, 4.69) is 10.3 Å². The number of nitriles is 1. The third-order valence-electron chi connectivity index (χ3n) is 1.63. The summed E-state index contributed by atoms with van der Waals surface area (Å²) in [5, 5.41) is 11.7. The fourth-order valence-corrected chi connectivity index (χ4v) is 0.894. The molecule has 0 atom stereocenters. The van der Waals surface area contributed by atoms with E-state index in [1.54, 1.807) is 12.3 Å². The second kappa shape index (κ2) is 4.07. The maximum atomic E-state index is 8.53. The first-order valence-corrected chi connectivity index (χ1v) is 4.40. The topological polar surface area (TPSA) is 74.7 Å². The maximum Gasteiger partial charge on any atom is 0.140 e. The number of nitrogens with one attached hydrogen (secondary N) is 1. The van der Waals surface area contributed by atoms with E-state index < -0.39 is 0 Å². The average Bonchev–Trinajstić information content (AvgIpc) is 2.14. The van der Waals surface area contributed by atoms with Gasteiger partial charge in [-0.25, -0.2) is 4.98 Å². The summed E-state index contributed by atoms with van der Waals surface area (Å²) in [4.78, 5) is 3.93. The third kappa shape index (κ3) is 3.42. The molecule has 0 saturated carbocycles. The number of hydrogen-bond acceptors (Lipinski definition) is 4. The summed E-state index contributed by atoms with van der Waals surface area (Å²) in [6.45, 7) is 4.55. The largest absolute Gasteiger partial charge is 0.382 e. The second-order valence-electron chi connectivity index (χ2n) is 3.89. The molecule has 0 radical (unpaired) electrons. The van der Waals surface area contributed by atoms with Crippen molar-refractivity contribution in [3.63, 3.8) is 0 Å². The molecule has 0 unspecified atom stereocenters. The van der Waals surface area contributed by atoms with Gasteiger partial charge in [0.2, 0.25) is 0 Å². The van der Waals surface area contributed by atoms with Crippen molar-refractivity contribution in [3.8, 4) is 6.07 Å². The minimum absolute atomic E-state index is 0.256. The Bertz CT molecular complexity index is 329. The Kier molecular flexibility index (Phi) is 3.05. The van der Waals surface area contributed by atoms with Crippen molar-refractivity contribution in [1.29, 1.82) is 5.26 Å². The van der Waals surface area contributed by atoms with Crippen LogP contribution < -0.4 is 11.1 Å². The van der Waals surface area contributed by atoms with Crippen molar-refractivity contribution < 1.29 is 0 Å². The normalized spacial score (nSPS) is 10.7. The van der Waals surface area contributed by atoms with Crippen LogP contribution in [0.15, 0.2) is 18.3 Å². The van der Waals surface area contributed by atoms with Crippen LogP contribution in [0.2, 0.25) is 0 Å². The molecule has 0 fully saturated rings. The van der Waals surface area contributed by atoms with E-state index >= 15 is 0 Å². The molecule has 1 aromatic rings. The minimum Gasteiger partial charge on any atom is -0.382 e. The number of rotatable bonds is 3. The van der Waals surface area contributed by atoms with Crippen LogP contribution in [0.3, 0.4) is 0 Å². The molecule has 0 saturated heterocycles. The lowest BCUT2D eigenvalue weighted by Gasteiger charge is -2.19. The Morgan fingerprint density at radius 1 is 1.57 bits per heavy atom. The van der Waals surface area contributed by atoms with Crippen LogP contribution in [0.25, 0.3) is 0 Å². The Balaban J connectivity index is 2.58. The highest BCUT2D eigenvalue weighted by Crippen LogP contribution is 2.07. The van der Waals surface area contributed by atoms with Gasteiger partial charge in [-0.15, -0.1) is 0 Å². The highest BCUT2D eigenvalue weighted by Gasteiger charge is 2.09. The van der Waals surface area contributed by atoms with Gasteiger partial charge in [-0.1, -0.05) is 0 Å². The maximum absolute atomic E-state index is 8.53. The summed E-state index contributed by atoms with van der Waals surface area (Å²) in [6.07, 6.45) is 1.63. The van der Waals surface area contributed by atoms with Crippen molar-refractivity contribution in [2.45, 2.75) is 19.4 Å². The Morgan fingerprint density at radius 3 is 2.71 bits per heavy atom. The molecule has 3 N–H and O–H groups in total. The number of nitrogens with zero attached hydrogens (tertiary/aromatic N) is 2. The number of nitrogens with two attached hydrogens (primary N) is 1. The first kappa shape index (κ1) is 10.5. The summed E-state index contributed by atoms with van der Waals surface area (Å²) in [7, 11) is 0. The summed E-state index contributed by atoms with van der Waals surface area (Å²) >= 11 is 0. The third-order valence-corrected chi connectivity index (χ3v) is 1.63. The number of aromatic nitrogens is 1. The zero-order chi connectivity index (χ0) is 10.6. The van der Waals surface area contributed by atoms with Gasteiger partial charge in [0, 0.05) is 12.1 Å². The van der Waals surface area contributed by atoms with E-state index in [9.17, 15) is 0 Å². The molecule has 0 aliphatic carbocycles. The molecule has 74 valence electrons. The van der Waals surface area contributed by atoms with Gasteiger partial charge in [0.05, 0.1) is 11.9 Å². The molecular weight excluding hydrogens is 176 g/mol. The standard InChI is InChI=1S/C10H14N4/c1-10(2,12)7-14-9-4-3-8(5-11)13-6-9/h3-4,6,14H,7,12H2,1-2H3. The molecule has 4 heteroatoms. The number of anilines is 1. The van der Waals surface area contributed by atoms with Gasteiger partial charge in [-0.3, -0.25) is 0 Å². The number of pyridine rings is 1. The number of hydrogen-bond donors (Lipinski definition) is 2. The molecule has 1 aromatic heterocycles. The summed E-state index contributed by atoms with van der Waals surface area (Å²) in [5.74, 6) is 0. The van der Waals surface area contributed by atoms with Gasteiger partial charge in [0.1, 0.15) is 11.8 Å². The summed E-state index contributed by atoms with van der Waals surface area (Å²) < 4.78 is 0. The second-order valence-corrected chi connectivity index (χ2v) is 3.89. The Hall–Kier alpha value is -1.60. The quantitative estimate of drug-likeness (QED) is 0.748. The van der Waals surface area contributed by atoms with Crippen molar-refractivity contribution in [1.82, 2.24) is 4.98 Å². The van der Waals surface area contributed by atoms with E-state index in [-0.39, 0.29) is 5.54 Å². The smallest absolute Gasteiger partial charge is 0.140 e. The van der Waals surface area contributed by atoms with E-state index in [1.807, 2.05) is 26.0 Å². The Morgan fingerprint density at radius 2 is 2.29 bits per heavy atom. The van der Waals surface area contributed by atoms with Gasteiger partial charge in [0.15, 0.2) is 0 Å². The molecule has 14 heavy (non-hydrogen) atoms. The van der Waals surface area contributed by atoms with Crippen molar-refractivity contribution in [2.75, 3.05) is 11.9 Å². The molecule has 0 aliphatic rings. The van der Waals surface area contributed by atoms with E-state index in [1.165, 1.54) is 0 Å². The summed E-state index contributed by atoms with van der Waals surface area (Å²) in [6, 6.07) is 5.45. The van der Waals surface area contributed by atoms with Crippen molar-refractivity contribution in [3.05, 3.63) is 24.0 Å². The monoisotopic (exact) mass is 190 g/mol. The van der Waals surface area contributed by atoms with Crippen LogP contribution in [0.4, 0.5) is 5.69 Å². The predicted molar refractivity (Wildman–Crippen MR) is 55.7 cm³/mol. The zero-order valence-corrected chi connectivity index (χ0v) is 8.41. The molecule has 1 rings (SSSR count). The van der Waals surface area contributed by atoms with E-state index in [4.69, 9.17) is 11.0 Å². The lowest BCUT2D eigenvalue weighted by Crippen LogP contribution is -2.39. The first-order chi connectivity index (χ1) is 6.51. The molecule has 0 aromatic carbocycles. The highest BCUT2D eigenvalue weighted by atomic mass is 14.9.